The van der Waals surface area contributed by atoms with E-state index in [2.05, 4.69) is 24.0 Å². The number of nitro groups is 3. The topological polar surface area (TPSA) is 176 Å². The summed E-state index contributed by atoms with van der Waals surface area (Å²) >= 11 is 0. The molecule has 0 atom stereocenters. The highest BCUT2D eigenvalue weighted by atomic mass is 16.6. The van der Waals surface area contributed by atoms with Gasteiger partial charge in [0.2, 0.25) is 0 Å². The number of phenolic OH excluding ortho intramolecular Hbond substituents is 1. The Morgan fingerprint density at radius 2 is 1.50 bits per heavy atom. The molecule has 0 saturated carbocycles. The zero-order chi connectivity index (χ0) is 26.6. The Labute approximate surface area is 203 Å². The highest BCUT2D eigenvalue weighted by molar-refractivity contribution is 5.65. The first-order valence-electron chi connectivity index (χ1n) is 10.5. The van der Waals surface area contributed by atoms with Gasteiger partial charge < -0.3 is 14.2 Å². The summed E-state index contributed by atoms with van der Waals surface area (Å²) in [4.78, 5) is 32.4. The molecule has 36 heavy (non-hydrogen) atoms. The Hall–Kier alpha value is -5.07. The van der Waals surface area contributed by atoms with Gasteiger partial charge in [0, 0.05) is 18.0 Å². The number of aryl methyl sites for hydroxylation is 1. The number of hydrogen-bond acceptors (Lipinski definition) is 9. The van der Waals surface area contributed by atoms with Crippen molar-refractivity contribution in [2.24, 2.45) is 0 Å². The zero-order valence-electron chi connectivity index (χ0n) is 19.4. The second kappa shape index (κ2) is 10.5. The first-order valence-corrected chi connectivity index (χ1v) is 10.5. The third-order valence-corrected chi connectivity index (χ3v) is 4.80. The molecule has 13 nitrogen and oxygen atoms in total. The molecule has 0 aliphatic heterocycles. The Kier molecular flexibility index (Phi) is 7.43. The lowest BCUT2D eigenvalue weighted by Crippen LogP contribution is -2.05. The van der Waals surface area contributed by atoms with Gasteiger partial charge >= 0.3 is 11.4 Å². The number of aromatic hydroxyl groups is 1. The predicted molar refractivity (Wildman–Crippen MR) is 129 cm³/mol. The summed E-state index contributed by atoms with van der Waals surface area (Å²) in [6.07, 6.45) is 4.28. The van der Waals surface area contributed by atoms with Crippen LogP contribution in [0, 0.1) is 37.3 Å². The predicted octanol–water partition coefficient (Wildman–Crippen LogP) is 5.21. The number of imidazole rings is 1. The summed E-state index contributed by atoms with van der Waals surface area (Å²) < 4.78 is 7.70. The molecular formula is C23H21N5O8. The van der Waals surface area contributed by atoms with Crippen molar-refractivity contribution in [1.29, 1.82) is 0 Å². The van der Waals surface area contributed by atoms with Crippen LogP contribution in [0.2, 0.25) is 0 Å². The SMILES string of the molecule is Cc1ccn2cc(-c3ccc(OC(C)C)cc3)nc2c1.O=[N+]([O-])c1cc([N+](=O)[O-])c(O)c([N+](=O)[O-])c1. The maximum atomic E-state index is 10.4. The zero-order valence-corrected chi connectivity index (χ0v) is 19.4. The van der Waals surface area contributed by atoms with E-state index in [0.717, 1.165) is 22.7 Å². The molecule has 0 aliphatic rings. The van der Waals surface area contributed by atoms with E-state index in [1.807, 2.05) is 54.9 Å². The summed E-state index contributed by atoms with van der Waals surface area (Å²) in [7, 11) is 0. The number of rotatable bonds is 6. The van der Waals surface area contributed by atoms with Gasteiger partial charge in [-0.25, -0.2) is 4.98 Å². The van der Waals surface area contributed by atoms with Crippen molar-refractivity contribution in [3.8, 4) is 22.8 Å². The largest absolute Gasteiger partial charge is 0.497 e. The average molecular weight is 495 g/mol. The molecular weight excluding hydrogens is 474 g/mol. The Morgan fingerprint density at radius 1 is 0.917 bits per heavy atom. The quantitative estimate of drug-likeness (QED) is 0.278. The smallest absolute Gasteiger partial charge is 0.324 e. The van der Waals surface area contributed by atoms with Crippen LogP contribution in [0.1, 0.15) is 19.4 Å². The van der Waals surface area contributed by atoms with Gasteiger partial charge in [0.1, 0.15) is 11.4 Å². The second-order valence-corrected chi connectivity index (χ2v) is 7.89. The van der Waals surface area contributed by atoms with E-state index < -0.39 is 37.6 Å². The van der Waals surface area contributed by atoms with Crippen molar-refractivity contribution in [3.63, 3.8) is 0 Å². The molecule has 4 aromatic rings. The van der Waals surface area contributed by atoms with Crippen LogP contribution >= 0.6 is 0 Å². The van der Waals surface area contributed by atoms with Gasteiger partial charge in [0.05, 0.1) is 38.7 Å². The van der Waals surface area contributed by atoms with Crippen molar-refractivity contribution >= 4 is 22.7 Å². The number of nitro benzene ring substituents is 3. The van der Waals surface area contributed by atoms with E-state index >= 15 is 0 Å². The molecule has 0 unspecified atom stereocenters. The van der Waals surface area contributed by atoms with Gasteiger partial charge in [-0.3, -0.25) is 30.3 Å². The lowest BCUT2D eigenvalue weighted by atomic mass is 10.1. The first kappa shape index (κ1) is 25.6. The molecule has 0 amide bonds. The number of benzene rings is 2. The molecule has 4 rings (SSSR count). The number of hydrogen-bond donors (Lipinski definition) is 1. The molecule has 2 aromatic heterocycles. The first-order chi connectivity index (χ1) is 17.0. The highest BCUT2D eigenvalue weighted by Gasteiger charge is 2.30. The molecule has 0 saturated heterocycles. The van der Waals surface area contributed by atoms with E-state index in [9.17, 15) is 30.3 Å². The molecule has 2 heterocycles. The molecule has 13 heteroatoms. The standard InChI is InChI=1S/C17H18N2O.C6H3N3O7/c1-12(2)20-15-6-4-14(5-7-15)16-11-19-9-8-13(3)10-17(19)18-16;10-6-4(8(13)14)1-3(7(11)12)2-5(6)9(15)16/h4-12H,1-3H3;1-2,10H. The fourth-order valence-corrected chi connectivity index (χ4v) is 3.17. The summed E-state index contributed by atoms with van der Waals surface area (Å²) in [5, 5.41) is 40.2. The molecule has 0 spiro atoms. The van der Waals surface area contributed by atoms with Crippen LogP contribution in [0.15, 0.2) is 60.9 Å². The van der Waals surface area contributed by atoms with Gasteiger partial charge in [-0.1, -0.05) is 0 Å². The third kappa shape index (κ3) is 5.88. The lowest BCUT2D eigenvalue weighted by molar-refractivity contribution is -0.404. The van der Waals surface area contributed by atoms with Gasteiger partial charge in [-0.15, -0.1) is 0 Å². The van der Waals surface area contributed by atoms with Gasteiger partial charge in [-0.2, -0.15) is 0 Å². The number of non-ortho nitro benzene ring substituents is 1. The normalized spacial score (nSPS) is 10.6. The van der Waals surface area contributed by atoms with Crippen molar-refractivity contribution in [2.75, 3.05) is 0 Å². The maximum absolute atomic E-state index is 10.4. The van der Waals surface area contributed by atoms with Crippen LogP contribution in [0.5, 0.6) is 11.5 Å². The van der Waals surface area contributed by atoms with Gasteiger partial charge in [0.15, 0.2) is 0 Å². The fraction of sp³-hybridized carbons (Fsp3) is 0.174. The maximum Gasteiger partial charge on any atom is 0.324 e. The van der Waals surface area contributed by atoms with E-state index in [1.165, 1.54) is 5.56 Å². The van der Waals surface area contributed by atoms with E-state index in [-0.39, 0.29) is 6.10 Å². The number of nitrogens with zero attached hydrogens (tertiary/aromatic N) is 5. The molecule has 0 radical (unpaired) electrons. The van der Waals surface area contributed by atoms with Crippen molar-refractivity contribution < 1.29 is 24.6 Å². The summed E-state index contributed by atoms with van der Waals surface area (Å²) in [6, 6.07) is 13.1. The van der Waals surface area contributed by atoms with Crippen LogP contribution in [-0.4, -0.2) is 35.4 Å². The third-order valence-electron chi connectivity index (χ3n) is 4.80. The summed E-state index contributed by atoms with van der Waals surface area (Å²) in [6.45, 7) is 6.13. The van der Waals surface area contributed by atoms with Crippen LogP contribution in [-0.2, 0) is 0 Å². The van der Waals surface area contributed by atoms with E-state index in [4.69, 9.17) is 9.84 Å². The summed E-state index contributed by atoms with van der Waals surface area (Å²) in [5.41, 5.74) is 1.27. The monoisotopic (exact) mass is 495 g/mol. The number of phenols is 1. The highest BCUT2D eigenvalue weighted by Crippen LogP contribution is 2.39. The summed E-state index contributed by atoms with van der Waals surface area (Å²) in [5.74, 6) is -0.316. The molecule has 1 N–H and O–H groups in total. The molecule has 2 aromatic carbocycles. The van der Waals surface area contributed by atoms with E-state index in [0.29, 0.717) is 12.1 Å². The van der Waals surface area contributed by atoms with Crippen molar-refractivity contribution in [2.45, 2.75) is 26.9 Å². The minimum Gasteiger partial charge on any atom is -0.497 e. The Bertz CT molecular complexity index is 1410. The number of fused-ring (bicyclic) bond motifs is 1. The van der Waals surface area contributed by atoms with Crippen molar-refractivity contribution in [3.05, 3.63) is 96.8 Å². The second-order valence-electron chi connectivity index (χ2n) is 7.89. The van der Waals surface area contributed by atoms with Crippen molar-refractivity contribution in [1.82, 2.24) is 9.38 Å². The fourth-order valence-electron chi connectivity index (χ4n) is 3.17. The van der Waals surface area contributed by atoms with Gasteiger partial charge in [-0.05, 0) is 62.7 Å². The minimum atomic E-state index is -1.21. The minimum absolute atomic E-state index is 0.194. The van der Waals surface area contributed by atoms with Crippen LogP contribution in [0.4, 0.5) is 17.1 Å². The average Bonchev–Trinajstić information content (AvgIpc) is 3.22. The van der Waals surface area contributed by atoms with Crippen LogP contribution in [0.3, 0.4) is 0 Å². The number of pyridine rings is 1. The van der Waals surface area contributed by atoms with Crippen LogP contribution in [0.25, 0.3) is 16.9 Å². The van der Waals surface area contributed by atoms with Crippen LogP contribution < -0.4 is 4.74 Å². The molecule has 186 valence electrons. The number of aromatic nitrogens is 2. The van der Waals surface area contributed by atoms with Gasteiger partial charge in [0.25, 0.3) is 11.4 Å². The molecule has 0 bridgehead atoms. The number of ether oxygens (including phenoxy) is 1. The molecule has 0 aliphatic carbocycles. The molecule has 0 fully saturated rings. The lowest BCUT2D eigenvalue weighted by Gasteiger charge is -2.09. The van der Waals surface area contributed by atoms with E-state index in [1.54, 1.807) is 0 Å². The Balaban J connectivity index is 0.000000207. The Morgan fingerprint density at radius 3 is 2.00 bits per heavy atom.